The van der Waals surface area contributed by atoms with Gasteiger partial charge in [0, 0.05) is 0 Å². The summed E-state index contributed by atoms with van der Waals surface area (Å²) < 4.78 is 1.35. The minimum absolute atomic E-state index is 0.347. The Hall–Kier alpha value is -2.82. The van der Waals surface area contributed by atoms with Crippen LogP contribution in [0.5, 0.6) is 5.75 Å². The zero-order chi connectivity index (χ0) is 13.4. The van der Waals surface area contributed by atoms with Gasteiger partial charge >= 0.3 is 5.97 Å². The quantitative estimate of drug-likeness (QED) is 0.736. The number of fused-ring (bicyclic) bond motifs is 1. The van der Waals surface area contributed by atoms with Crippen LogP contribution in [0.15, 0.2) is 48.7 Å². The van der Waals surface area contributed by atoms with E-state index in [1.54, 1.807) is 0 Å². The van der Waals surface area contributed by atoms with Crippen LogP contribution >= 0.6 is 0 Å². The molecule has 0 amide bonds. The van der Waals surface area contributed by atoms with Crippen LogP contribution in [0, 0.1) is 0 Å². The van der Waals surface area contributed by atoms with E-state index in [0.29, 0.717) is 5.69 Å². The van der Waals surface area contributed by atoms with Gasteiger partial charge in [-0.05, 0) is 22.9 Å². The number of hydrogen-bond acceptors (Lipinski definition) is 3. The van der Waals surface area contributed by atoms with Crippen molar-refractivity contribution in [3.05, 3.63) is 54.4 Å². The molecule has 1 heterocycles. The Bertz CT molecular complexity index is 777. The lowest BCUT2D eigenvalue weighted by Crippen LogP contribution is -2.01. The number of carboxylic acid groups (broad SMARTS) is 1. The Morgan fingerprint density at radius 1 is 1.11 bits per heavy atom. The number of benzene rings is 2. The van der Waals surface area contributed by atoms with Crippen LogP contribution in [0.4, 0.5) is 0 Å². The van der Waals surface area contributed by atoms with Crippen molar-refractivity contribution in [1.82, 2.24) is 9.78 Å². The number of aromatic nitrogens is 2. The third kappa shape index (κ3) is 1.91. The van der Waals surface area contributed by atoms with Gasteiger partial charge in [-0.25, -0.2) is 9.48 Å². The molecule has 1 aromatic heterocycles. The molecule has 5 nitrogen and oxygen atoms in total. The molecule has 0 bridgehead atoms. The number of hydrogen-bond donors (Lipinski definition) is 2. The van der Waals surface area contributed by atoms with Crippen LogP contribution in [0.25, 0.3) is 16.5 Å². The van der Waals surface area contributed by atoms with E-state index in [-0.39, 0.29) is 11.4 Å². The van der Waals surface area contributed by atoms with Gasteiger partial charge in [-0.1, -0.05) is 30.3 Å². The molecule has 0 spiro atoms. The van der Waals surface area contributed by atoms with Gasteiger partial charge in [0.15, 0.2) is 5.75 Å². The van der Waals surface area contributed by atoms with Gasteiger partial charge in [0.2, 0.25) is 5.69 Å². The summed E-state index contributed by atoms with van der Waals surface area (Å²) in [6.07, 6.45) is 1.29. The van der Waals surface area contributed by atoms with Crippen LogP contribution in [0.3, 0.4) is 0 Å². The second-order valence-electron chi connectivity index (χ2n) is 4.14. The number of carboxylic acids is 1. The average molecular weight is 254 g/mol. The normalized spacial score (nSPS) is 10.7. The van der Waals surface area contributed by atoms with Crippen molar-refractivity contribution in [2.24, 2.45) is 0 Å². The second-order valence-corrected chi connectivity index (χ2v) is 4.14. The lowest BCUT2D eigenvalue weighted by atomic mass is 10.1. The smallest absolute Gasteiger partial charge is 0.360 e. The molecule has 94 valence electrons. The summed E-state index contributed by atoms with van der Waals surface area (Å²) in [5.74, 6) is -1.60. The van der Waals surface area contributed by atoms with Gasteiger partial charge in [0.25, 0.3) is 0 Å². The molecular formula is C14H10N2O3. The SMILES string of the molecule is O=C(O)c1nn(-c2ccc3ccccc3c2)cc1O. The molecular weight excluding hydrogens is 244 g/mol. The first-order valence-electron chi connectivity index (χ1n) is 5.66. The van der Waals surface area contributed by atoms with Crippen molar-refractivity contribution in [1.29, 1.82) is 0 Å². The molecule has 3 rings (SSSR count). The largest absolute Gasteiger partial charge is 0.504 e. The van der Waals surface area contributed by atoms with Crippen LogP contribution in [0.2, 0.25) is 0 Å². The summed E-state index contributed by atoms with van der Waals surface area (Å²) >= 11 is 0. The maximum absolute atomic E-state index is 10.8. The van der Waals surface area contributed by atoms with Crippen LogP contribution in [0.1, 0.15) is 10.5 Å². The van der Waals surface area contributed by atoms with Crippen molar-refractivity contribution in [2.45, 2.75) is 0 Å². The molecule has 2 N–H and O–H groups in total. The Morgan fingerprint density at radius 2 is 1.84 bits per heavy atom. The van der Waals surface area contributed by atoms with Crippen LogP contribution in [-0.4, -0.2) is 26.0 Å². The van der Waals surface area contributed by atoms with Crippen molar-refractivity contribution < 1.29 is 15.0 Å². The third-order valence-corrected chi connectivity index (χ3v) is 2.90. The average Bonchev–Trinajstić information content (AvgIpc) is 2.80. The highest BCUT2D eigenvalue weighted by molar-refractivity contribution is 5.88. The van der Waals surface area contributed by atoms with E-state index in [0.717, 1.165) is 10.8 Å². The van der Waals surface area contributed by atoms with Gasteiger partial charge in [0.1, 0.15) is 0 Å². The second kappa shape index (κ2) is 4.13. The standard InChI is InChI=1S/C14H10N2O3/c17-12-8-16(15-13(12)14(18)19)11-6-5-9-3-1-2-4-10(9)7-11/h1-8,17H,(H,18,19). The highest BCUT2D eigenvalue weighted by Gasteiger charge is 2.15. The number of aromatic hydroxyl groups is 1. The third-order valence-electron chi connectivity index (χ3n) is 2.90. The van der Waals surface area contributed by atoms with Crippen molar-refractivity contribution in [3.63, 3.8) is 0 Å². The van der Waals surface area contributed by atoms with E-state index in [1.807, 2.05) is 42.5 Å². The monoisotopic (exact) mass is 254 g/mol. The molecule has 19 heavy (non-hydrogen) atoms. The Morgan fingerprint density at radius 3 is 2.53 bits per heavy atom. The summed E-state index contributed by atoms with van der Waals surface area (Å²) in [5, 5.41) is 24.3. The fraction of sp³-hybridized carbons (Fsp3) is 0. The maximum Gasteiger partial charge on any atom is 0.360 e. The molecule has 0 saturated heterocycles. The van der Waals surface area contributed by atoms with Gasteiger partial charge in [-0.15, -0.1) is 0 Å². The van der Waals surface area contributed by atoms with Crippen LogP contribution in [-0.2, 0) is 0 Å². The lowest BCUT2D eigenvalue weighted by molar-refractivity contribution is 0.0687. The fourth-order valence-electron chi connectivity index (χ4n) is 1.97. The van der Waals surface area contributed by atoms with E-state index < -0.39 is 5.97 Å². The zero-order valence-electron chi connectivity index (χ0n) is 9.82. The molecule has 0 fully saturated rings. The molecule has 0 radical (unpaired) electrons. The lowest BCUT2D eigenvalue weighted by Gasteiger charge is -2.03. The predicted molar refractivity (Wildman–Crippen MR) is 69.7 cm³/mol. The molecule has 0 aliphatic carbocycles. The molecule has 0 unspecified atom stereocenters. The summed E-state index contributed by atoms with van der Waals surface area (Å²) in [5.41, 5.74) is 0.342. The minimum atomic E-state index is -1.25. The number of aromatic carboxylic acids is 1. The van der Waals surface area contributed by atoms with Crippen LogP contribution < -0.4 is 0 Å². The molecule has 0 aliphatic rings. The fourth-order valence-corrected chi connectivity index (χ4v) is 1.97. The predicted octanol–water partition coefficient (Wildman–Crippen LogP) is 2.43. The van der Waals surface area contributed by atoms with Crippen molar-refractivity contribution in [3.8, 4) is 11.4 Å². The van der Waals surface area contributed by atoms with Gasteiger partial charge in [-0.3, -0.25) is 0 Å². The summed E-state index contributed by atoms with van der Waals surface area (Å²) in [4.78, 5) is 10.8. The Labute approximate surface area is 108 Å². The Balaban J connectivity index is 2.13. The van der Waals surface area contributed by atoms with E-state index in [4.69, 9.17) is 5.11 Å². The van der Waals surface area contributed by atoms with Crippen molar-refractivity contribution in [2.75, 3.05) is 0 Å². The molecule has 2 aromatic carbocycles. The number of carbonyl (C=O) groups is 1. The van der Waals surface area contributed by atoms with E-state index >= 15 is 0 Å². The van der Waals surface area contributed by atoms with E-state index in [1.165, 1.54) is 10.9 Å². The Kier molecular flexibility index (Phi) is 2.45. The van der Waals surface area contributed by atoms with Gasteiger partial charge in [0.05, 0.1) is 11.9 Å². The zero-order valence-corrected chi connectivity index (χ0v) is 9.82. The highest BCUT2D eigenvalue weighted by Crippen LogP contribution is 2.21. The molecule has 3 aromatic rings. The van der Waals surface area contributed by atoms with Gasteiger partial charge in [-0.2, -0.15) is 5.10 Å². The van der Waals surface area contributed by atoms with Crippen molar-refractivity contribution >= 4 is 16.7 Å². The highest BCUT2D eigenvalue weighted by atomic mass is 16.4. The molecule has 0 atom stereocenters. The minimum Gasteiger partial charge on any atom is -0.504 e. The van der Waals surface area contributed by atoms with E-state index in [9.17, 15) is 9.90 Å². The topological polar surface area (TPSA) is 75.3 Å². The van der Waals surface area contributed by atoms with E-state index in [2.05, 4.69) is 5.10 Å². The summed E-state index contributed by atoms with van der Waals surface area (Å²) in [6, 6.07) is 13.4. The summed E-state index contributed by atoms with van der Waals surface area (Å²) in [7, 11) is 0. The number of rotatable bonds is 2. The van der Waals surface area contributed by atoms with Gasteiger partial charge < -0.3 is 10.2 Å². The molecule has 0 aliphatic heterocycles. The molecule has 5 heteroatoms. The first-order valence-corrected chi connectivity index (χ1v) is 5.66. The first-order chi connectivity index (χ1) is 9.15. The summed E-state index contributed by atoms with van der Waals surface area (Å²) in [6.45, 7) is 0. The maximum atomic E-state index is 10.8. The number of nitrogens with zero attached hydrogens (tertiary/aromatic N) is 2. The first kappa shape index (κ1) is 11.3. The molecule has 0 saturated carbocycles.